The van der Waals surface area contributed by atoms with E-state index in [-0.39, 0.29) is 18.1 Å². The predicted octanol–water partition coefficient (Wildman–Crippen LogP) is 2.11. The van der Waals surface area contributed by atoms with E-state index in [1.807, 2.05) is 10.3 Å². The lowest BCUT2D eigenvalue weighted by Gasteiger charge is -2.26. The number of hydrogen-bond acceptors (Lipinski definition) is 7. The van der Waals surface area contributed by atoms with E-state index in [4.69, 9.17) is 5.73 Å². The first-order valence-electron chi connectivity index (χ1n) is 8.65. The second-order valence-corrected chi connectivity index (χ2v) is 8.43. The van der Waals surface area contributed by atoms with Crippen LogP contribution in [0.2, 0.25) is 0 Å². The minimum atomic E-state index is -0.536. The van der Waals surface area contributed by atoms with Crippen molar-refractivity contribution in [1.29, 1.82) is 0 Å². The van der Waals surface area contributed by atoms with E-state index >= 15 is 0 Å². The Bertz CT molecular complexity index is 1120. The van der Waals surface area contributed by atoms with Gasteiger partial charge >= 0.3 is 5.69 Å². The molecule has 0 aliphatic carbocycles. The minimum absolute atomic E-state index is 0.213. The van der Waals surface area contributed by atoms with Gasteiger partial charge in [-0.05, 0) is 24.6 Å². The molecule has 0 saturated carbocycles. The molecule has 1 aliphatic heterocycles. The number of thioether (sulfide) groups is 1. The van der Waals surface area contributed by atoms with Crippen LogP contribution in [0, 0.1) is 5.82 Å². The van der Waals surface area contributed by atoms with E-state index in [0.717, 1.165) is 10.6 Å². The summed E-state index contributed by atoms with van der Waals surface area (Å²) in [5.74, 6) is -0.877. The minimum Gasteiger partial charge on any atom is -0.365 e. The van der Waals surface area contributed by atoms with Gasteiger partial charge in [0.15, 0.2) is 5.50 Å². The molecule has 0 fully saturated rings. The summed E-state index contributed by atoms with van der Waals surface area (Å²) in [5, 5.41) is 6.91. The van der Waals surface area contributed by atoms with Gasteiger partial charge in [0.25, 0.3) is 5.91 Å². The molecule has 0 bridgehead atoms. The number of carbonyl (C=O) groups is 1. The molecule has 1 aliphatic rings. The summed E-state index contributed by atoms with van der Waals surface area (Å²) in [7, 11) is 0. The van der Waals surface area contributed by atoms with Crippen LogP contribution in [0.1, 0.15) is 23.0 Å². The molecular formula is C18H17FN6O2S2. The first kappa shape index (κ1) is 19.4. The van der Waals surface area contributed by atoms with E-state index in [9.17, 15) is 14.0 Å². The van der Waals surface area contributed by atoms with Crippen LogP contribution >= 0.6 is 23.1 Å². The number of thiazole rings is 1. The third-order valence-electron chi connectivity index (χ3n) is 4.50. The fourth-order valence-corrected chi connectivity index (χ4v) is 4.89. The maximum absolute atomic E-state index is 13.1. The van der Waals surface area contributed by atoms with Gasteiger partial charge in [0.1, 0.15) is 17.2 Å². The fourth-order valence-electron chi connectivity index (χ4n) is 3.04. The van der Waals surface area contributed by atoms with E-state index in [2.05, 4.69) is 10.1 Å². The summed E-state index contributed by atoms with van der Waals surface area (Å²) < 4.78 is 15.9. The highest BCUT2D eigenvalue weighted by molar-refractivity contribution is 8.04. The molecule has 1 aromatic carbocycles. The maximum atomic E-state index is 13.1. The zero-order valence-electron chi connectivity index (χ0n) is 15.4. The van der Waals surface area contributed by atoms with Crippen LogP contribution < -0.4 is 11.4 Å². The smallest absolute Gasteiger partial charge is 0.348 e. The summed E-state index contributed by atoms with van der Waals surface area (Å²) in [5.41, 5.74) is 6.13. The number of nitrogens with zero attached hydrogens (tertiary/aromatic N) is 5. The van der Waals surface area contributed by atoms with Gasteiger partial charge in [-0.3, -0.25) is 9.36 Å². The van der Waals surface area contributed by atoms with Crippen molar-refractivity contribution < 1.29 is 9.18 Å². The molecule has 3 heterocycles. The molecule has 0 saturated heterocycles. The van der Waals surface area contributed by atoms with Crippen molar-refractivity contribution in [2.75, 3.05) is 0 Å². The van der Waals surface area contributed by atoms with Crippen LogP contribution in [0.4, 0.5) is 4.39 Å². The Morgan fingerprint density at radius 1 is 1.28 bits per heavy atom. The van der Waals surface area contributed by atoms with E-state index in [1.54, 1.807) is 25.3 Å². The molecule has 2 N–H and O–H groups in total. The number of aromatic nitrogens is 4. The predicted molar refractivity (Wildman–Crippen MR) is 108 cm³/mol. The van der Waals surface area contributed by atoms with Gasteiger partial charge in [-0.2, -0.15) is 5.10 Å². The highest BCUT2D eigenvalue weighted by atomic mass is 32.2. The number of allylic oxidation sites excluding steroid dienone is 1. The highest BCUT2D eigenvalue weighted by Crippen LogP contribution is 2.44. The lowest BCUT2D eigenvalue weighted by atomic mass is 10.2. The fraction of sp³-hybridized carbons (Fsp3) is 0.222. The summed E-state index contributed by atoms with van der Waals surface area (Å²) in [4.78, 5) is 31.4. The Hall–Kier alpha value is -2.92. The number of nitrogens with two attached hydrogens (primary N) is 1. The monoisotopic (exact) mass is 432 g/mol. The molecule has 4 rings (SSSR count). The largest absolute Gasteiger partial charge is 0.365 e. The summed E-state index contributed by atoms with van der Waals surface area (Å²) >= 11 is 2.70. The zero-order valence-corrected chi connectivity index (χ0v) is 17.0. The molecule has 8 nitrogen and oxygen atoms in total. The van der Waals surface area contributed by atoms with Gasteiger partial charge in [-0.1, -0.05) is 23.9 Å². The topological polar surface area (TPSA) is 99.0 Å². The number of primary amides is 1. The van der Waals surface area contributed by atoms with Crippen molar-refractivity contribution in [3.05, 3.63) is 79.6 Å². The first-order valence-corrected chi connectivity index (χ1v) is 10.4. The molecule has 2 aromatic heterocycles. The van der Waals surface area contributed by atoms with Crippen molar-refractivity contribution in [2.45, 2.75) is 25.5 Å². The third-order valence-corrected chi connectivity index (χ3v) is 6.69. The van der Waals surface area contributed by atoms with E-state index in [1.165, 1.54) is 50.8 Å². The van der Waals surface area contributed by atoms with Gasteiger partial charge in [0.05, 0.1) is 18.0 Å². The van der Waals surface area contributed by atoms with Crippen LogP contribution in [0.5, 0.6) is 0 Å². The summed E-state index contributed by atoms with van der Waals surface area (Å²) in [6.45, 7) is 2.45. The van der Waals surface area contributed by atoms with Crippen LogP contribution in [-0.2, 0) is 17.9 Å². The molecule has 0 spiro atoms. The van der Waals surface area contributed by atoms with Crippen molar-refractivity contribution in [1.82, 2.24) is 24.2 Å². The number of benzene rings is 1. The maximum Gasteiger partial charge on any atom is 0.348 e. The Morgan fingerprint density at radius 2 is 2.03 bits per heavy atom. The highest BCUT2D eigenvalue weighted by Gasteiger charge is 2.35. The average molecular weight is 433 g/mol. The van der Waals surface area contributed by atoms with Gasteiger partial charge in [0, 0.05) is 17.3 Å². The molecule has 1 atom stereocenters. The number of amides is 1. The number of halogens is 1. The Kier molecular flexibility index (Phi) is 5.24. The van der Waals surface area contributed by atoms with Crippen molar-refractivity contribution >= 4 is 29.0 Å². The van der Waals surface area contributed by atoms with Crippen LogP contribution in [0.25, 0.3) is 0 Å². The normalized spacial score (nSPS) is 16.6. The lowest BCUT2D eigenvalue weighted by Crippen LogP contribution is -2.33. The molecule has 1 amide bonds. The standard InChI is InChI=1S/C18H17FN6O2S2/c1-11-15(16(20)26)29-18(23(11)9-14-21-6-7-28-14)24-10-22-25(17(24)27)8-12-2-4-13(19)5-3-12/h2-7,10,18H,8-9H2,1H3,(H2,20,26). The van der Waals surface area contributed by atoms with E-state index in [0.29, 0.717) is 17.1 Å². The van der Waals surface area contributed by atoms with Gasteiger partial charge in [-0.15, -0.1) is 11.3 Å². The Morgan fingerprint density at radius 3 is 2.69 bits per heavy atom. The van der Waals surface area contributed by atoms with Gasteiger partial charge in [0.2, 0.25) is 0 Å². The second kappa shape index (κ2) is 7.84. The van der Waals surface area contributed by atoms with Crippen molar-refractivity contribution in [3.8, 4) is 0 Å². The molecular weight excluding hydrogens is 415 g/mol. The van der Waals surface area contributed by atoms with Crippen LogP contribution in [0.15, 0.2) is 57.6 Å². The second-order valence-electron chi connectivity index (χ2n) is 6.38. The summed E-state index contributed by atoms with van der Waals surface area (Å²) in [6.07, 6.45) is 3.15. The number of carbonyl (C=O) groups excluding carboxylic acids is 1. The van der Waals surface area contributed by atoms with Gasteiger partial charge < -0.3 is 10.6 Å². The van der Waals surface area contributed by atoms with E-state index < -0.39 is 11.4 Å². The molecule has 29 heavy (non-hydrogen) atoms. The van der Waals surface area contributed by atoms with Crippen LogP contribution in [0.3, 0.4) is 0 Å². The third kappa shape index (κ3) is 3.83. The molecule has 3 aromatic rings. The average Bonchev–Trinajstić information content (AvgIpc) is 3.40. The van der Waals surface area contributed by atoms with Crippen LogP contribution in [-0.4, -0.2) is 30.1 Å². The zero-order chi connectivity index (χ0) is 20.5. The van der Waals surface area contributed by atoms with Gasteiger partial charge in [-0.25, -0.2) is 18.9 Å². The van der Waals surface area contributed by atoms with Crippen molar-refractivity contribution in [3.63, 3.8) is 0 Å². The lowest BCUT2D eigenvalue weighted by molar-refractivity contribution is -0.114. The molecule has 0 radical (unpaired) electrons. The SMILES string of the molecule is CC1=C(C(N)=O)SC(n2cnn(Cc3ccc(F)cc3)c2=O)N1Cc1nccs1. The molecule has 1 unspecified atom stereocenters. The number of hydrogen-bond donors (Lipinski definition) is 1. The molecule has 11 heteroatoms. The Labute approximate surface area is 173 Å². The summed E-state index contributed by atoms with van der Waals surface area (Å²) in [6, 6.07) is 5.90. The quantitative estimate of drug-likeness (QED) is 0.641. The first-order chi connectivity index (χ1) is 13.9. The Balaban J connectivity index is 1.64. The number of rotatable bonds is 6. The molecule has 150 valence electrons. The van der Waals surface area contributed by atoms with Crippen molar-refractivity contribution in [2.24, 2.45) is 5.73 Å².